The van der Waals surface area contributed by atoms with Gasteiger partial charge in [-0.2, -0.15) is 0 Å². The molecule has 1 aliphatic rings. The van der Waals surface area contributed by atoms with E-state index < -0.39 is 0 Å². The molecule has 1 atom stereocenters. The van der Waals surface area contributed by atoms with E-state index in [0.717, 1.165) is 35.3 Å². The van der Waals surface area contributed by atoms with E-state index in [9.17, 15) is 9.59 Å². The third kappa shape index (κ3) is 3.77. The molecular weight excluding hydrogens is 400 g/mol. The number of nitrogens with one attached hydrogen (secondary N) is 1. The van der Waals surface area contributed by atoms with Crippen molar-refractivity contribution in [1.29, 1.82) is 0 Å². The zero-order valence-electron chi connectivity index (χ0n) is 17.3. The number of thiophene rings is 1. The molecule has 0 saturated heterocycles. The molecular formula is C23H24N2O4S. The van der Waals surface area contributed by atoms with Gasteiger partial charge in [0.05, 0.1) is 12.2 Å². The first-order valence-electron chi connectivity index (χ1n) is 10.1. The molecule has 7 heteroatoms. The summed E-state index contributed by atoms with van der Waals surface area (Å²) >= 11 is 1.47. The molecule has 1 amide bonds. The molecule has 0 spiro atoms. The number of ether oxygens (including phenoxy) is 1. The molecule has 1 aromatic carbocycles. The van der Waals surface area contributed by atoms with Crippen molar-refractivity contribution in [3.05, 3.63) is 57.7 Å². The number of hydrogen-bond donors (Lipinski definition) is 1. The highest BCUT2D eigenvalue weighted by Gasteiger charge is 2.30. The fourth-order valence-electron chi connectivity index (χ4n) is 3.86. The minimum absolute atomic E-state index is 0.288. The molecule has 1 unspecified atom stereocenters. The lowest BCUT2D eigenvalue weighted by molar-refractivity contribution is 0.0526. The van der Waals surface area contributed by atoms with E-state index >= 15 is 0 Å². The van der Waals surface area contributed by atoms with E-state index in [-0.39, 0.29) is 18.5 Å². The van der Waals surface area contributed by atoms with E-state index in [1.807, 2.05) is 30.3 Å². The lowest BCUT2D eigenvalue weighted by Crippen LogP contribution is -2.17. The summed E-state index contributed by atoms with van der Waals surface area (Å²) in [7, 11) is 0. The van der Waals surface area contributed by atoms with Gasteiger partial charge in [0.2, 0.25) is 0 Å². The van der Waals surface area contributed by atoms with Crippen molar-refractivity contribution in [2.75, 3.05) is 11.9 Å². The molecule has 30 heavy (non-hydrogen) atoms. The molecule has 156 valence electrons. The largest absolute Gasteiger partial charge is 0.462 e. The SMILES string of the molecule is CCOC(=O)c1c(NC(=O)c2c(-c3ccccc3)noc2C)sc2c1CCC(C)C2. The van der Waals surface area contributed by atoms with Crippen LogP contribution in [0.15, 0.2) is 34.9 Å². The number of fused-ring (bicyclic) bond motifs is 1. The van der Waals surface area contributed by atoms with Crippen molar-refractivity contribution in [1.82, 2.24) is 5.16 Å². The number of aryl methyl sites for hydroxylation is 1. The van der Waals surface area contributed by atoms with Crippen LogP contribution in [0, 0.1) is 12.8 Å². The molecule has 3 aromatic rings. The molecule has 4 rings (SSSR count). The maximum Gasteiger partial charge on any atom is 0.341 e. The van der Waals surface area contributed by atoms with E-state index in [1.54, 1.807) is 13.8 Å². The predicted octanol–water partition coefficient (Wildman–Crippen LogP) is 5.27. The molecule has 0 radical (unpaired) electrons. The first-order chi connectivity index (χ1) is 14.5. The van der Waals surface area contributed by atoms with Crippen LogP contribution in [0.3, 0.4) is 0 Å². The Hall–Kier alpha value is -2.93. The van der Waals surface area contributed by atoms with Crippen LogP contribution in [0.25, 0.3) is 11.3 Å². The Labute approximate surface area is 179 Å². The van der Waals surface area contributed by atoms with E-state index in [1.165, 1.54) is 11.3 Å². The second-order valence-electron chi connectivity index (χ2n) is 7.56. The molecule has 1 N–H and O–H groups in total. The van der Waals surface area contributed by atoms with Crippen LogP contribution in [0.5, 0.6) is 0 Å². The minimum Gasteiger partial charge on any atom is -0.462 e. The van der Waals surface area contributed by atoms with Crippen molar-refractivity contribution < 1.29 is 18.8 Å². The second-order valence-corrected chi connectivity index (χ2v) is 8.66. The summed E-state index contributed by atoms with van der Waals surface area (Å²) < 4.78 is 10.6. The van der Waals surface area contributed by atoms with Crippen molar-refractivity contribution >= 4 is 28.2 Å². The van der Waals surface area contributed by atoms with Crippen LogP contribution >= 0.6 is 11.3 Å². The summed E-state index contributed by atoms with van der Waals surface area (Å²) in [6, 6.07) is 9.43. The van der Waals surface area contributed by atoms with Crippen LogP contribution in [-0.2, 0) is 17.6 Å². The number of hydrogen-bond acceptors (Lipinski definition) is 6. The minimum atomic E-state index is -0.384. The van der Waals surface area contributed by atoms with Crippen molar-refractivity contribution in [3.8, 4) is 11.3 Å². The summed E-state index contributed by atoms with van der Waals surface area (Å²) in [6.07, 6.45) is 2.74. The Morgan fingerprint density at radius 1 is 1.27 bits per heavy atom. The third-order valence-electron chi connectivity index (χ3n) is 5.36. The van der Waals surface area contributed by atoms with Crippen molar-refractivity contribution in [2.45, 2.75) is 40.0 Å². The zero-order valence-corrected chi connectivity index (χ0v) is 18.1. The Kier molecular flexibility index (Phi) is 5.72. The second kappa shape index (κ2) is 8.44. The number of amides is 1. The average Bonchev–Trinajstić information content (AvgIpc) is 3.28. The van der Waals surface area contributed by atoms with Gasteiger partial charge in [0, 0.05) is 10.4 Å². The third-order valence-corrected chi connectivity index (χ3v) is 6.53. The smallest absolute Gasteiger partial charge is 0.341 e. The van der Waals surface area contributed by atoms with Gasteiger partial charge >= 0.3 is 5.97 Å². The number of benzene rings is 1. The normalized spacial score (nSPS) is 15.5. The Balaban J connectivity index is 1.71. The number of anilines is 1. The summed E-state index contributed by atoms with van der Waals surface area (Å²) in [6.45, 7) is 5.99. The van der Waals surface area contributed by atoms with Gasteiger partial charge < -0.3 is 14.6 Å². The first-order valence-corrected chi connectivity index (χ1v) is 11.0. The van der Waals surface area contributed by atoms with Crippen LogP contribution < -0.4 is 5.32 Å². The van der Waals surface area contributed by atoms with Gasteiger partial charge in [0.15, 0.2) is 0 Å². The van der Waals surface area contributed by atoms with Gasteiger partial charge in [-0.15, -0.1) is 11.3 Å². The highest BCUT2D eigenvalue weighted by atomic mass is 32.1. The number of carbonyl (C=O) groups excluding carboxylic acids is 2. The fraction of sp³-hybridized carbons (Fsp3) is 0.348. The fourth-order valence-corrected chi connectivity index (χ4v) is 5.25. The molecule has 1 aliphatic carbocycles. The van der Waals surface area contributed by atoms with Gasteiger partial charge in [0.25, 0.3) is 5.91 Å². The van der Waals surface area contributed by atoms with Gasteiger partial charge in [-0.1, -0.05) is 42.4 Å². The topological polar surface area (TPSA) is 81.4 Å². The van der Waals surface area contributed by atoms with Crippen molar-refractivity contribution in [2.24, 2.45) is 5.92 Å². The number of rotatable bonds is 5. The Morgan fingerprint density at radius 3 is 2.77 bits per heavy atom. The highest BCUT2D eigenvalue weighted by Crippen LogP contribution is 2.40. The molecule has 6 nitrogen and oxygen atoms in total. The first kappa shape index (κ1) is 20.3. The van der Waals surface area contributed by atoms with Gasteiger partial charge in [0.1, 0.15) is 22.0 Å². The lowest BCUT2D eigenvalue weighted by atomic mass is 9.88. The van der Waals surface area contributed by atoms with Crippen LogP contribution in [0.1, 0.15) is 57.2 Å². The van der Waals surface area contributed by atoms with Crippen molar-refractivity contribution in [3.63, 3.8) is 0 Å². The highest BCUT2D eigenvalue weighted by molar-refractivity contribution is 7.17. The number of aromatic nitrogens is 1. The molecule has 0 aliphatic heterocycles. The summed E-state index contributed by atoms with van der Waals surface area (Å²) in [5, 5.41) is 7.58. The standard InChI is InChI=1S/C23H24N2O4S/c1-4-28-23(27)19-16-11-10-13(2)12-17(16)30-22(19)24-21(26)18-14(3)29-25-20(18)15-8-6-5-7-9-15/h5-9,13H,4,10-12H2,1-3H3,(H,24,26). The summed E-state index contributed by atoms with van der Waals surface area (Å²) in [5.41, 5.74) is 3.16. The van der Waals surface area contributed by atoms with Crippen LogP contribution in [0.4, 0.5) is 5.00 Å². The Morgan fingerprint density at radius 2 is 2.03 bits per heavy atom. The average molecular weight is 425 g/mol. The molecule has 0 fully saturated rings. The quantitative estimate of drug-likeness (QED) is 0.565. The maximum absolute atomic E-state index is 13.2. The molecule has 2 heterocycles. The number of nitrogens with zero attached hydrogens (tertiary/aromatic N) is 1. The number of esters is 1. The summed E-state index contributed by atoms with van der Waals surface area (Å²) in [5.74, 6) is 0.258. The monoisotopic (exact) mass is 424 g/mol. The van der Waals surface area contributed by atoms with Gasteiger partial charge in [-0.3, -0.25) is 4.79 Å². The van der Waals surface area contributed by atoms with Crippen LogP contribution in [0.2, 0.25) is 0 Å². The van der Waals surface area contributed by atoms with Gasteiger partial charge in [-0.25, -0.2) is 4.79 Å². The number of carbonyl (C=O) groups is 2. The molecule has 0 bridgehead atoms. The predicted molar refractivity (Wildman–Crippen MR) is 116 cm³/mol. The summed E-state index contributed by atoms with van der Waals surface area (Å²) in [4.78, 5) is 27.1. The zero-order chi connectivity index (χ0) is 21.3. The molecule has 0 saturated carbocycles. The van der Waals surface area contributed by atoms with E-state index in [2.05, 4.69) is 17.4 Å². The lowest BCUT2D eigenvalue weighted by Gasteiger charge is -2.18. The van der Waals surface area contributed by atoms with Crippen LogP contribution in [-0.4, -0.2) is 23.6 Å². The van der Waals surface area contributed by atoms with E-state index in [4.69, 9.17) is 9.26 Å². The van der Waals surface area contributed by atoms with Gasteiger partial charge in [-0.05, 0) is 44.6 Å². The maximum atomic E-state index is 13.2. The Bertz CT molecular complexity index is 1080. The van der Waals surface area contributed by atoms with E-state index in [0.29, 0.717) is 33.5 Å². The molecule has 2 aromatic heterocycles.